The third-order valence-electron chi connectivity index (χ3n) is 6.64. The Balaban J connectivity index is 0.000000280. The molecule has 226 valence electrons. The Morgan fingerprint density at radius 3 is 1.59 bits per heavy atom. The van der Waals surface area contributed by atoms with Crippen LogP contribution in [-0.4, -0.2) is 51.3 Å². The monoisotopic (exact) mass is 658 g/mol. The summed E-state index contributed by atoms with van der Waals surface area (Å²) >= 11 is 3.26. The molecule has 44 heavy (non-hydrogen) atoms. The van der Waals surface area contributed by atoms with Gasteiger partial charge < -0.3 is 30.4 Å². The number of aromatic amines is 2. The molecule has 0 aliphatic rings. The molecule has 2 aromatic carbocycles. The van der Waals surface area contributed by atoms with Gasteiger partial charge in [-0.15, -0.1) is 22.7 Å². The second kappa shape index (κ2) is 19.0. The van der Waals surface area contributed by atoms with E-state index in [9.17, 15) is 9.59 Å². The second-order valence-electron chi connectivity index (χ2n) is 9.36. The zero-order valence-electron chi connectivity index (χ0n) is 25.0. The largest absolute Gasteiger partial charge is 1.00 e. The van der Waals surface area contributed by atoms with Crippen LogP contribution in [0.2, 0.25) is 0 Å². The number of aryl methyl sites for hydroxylation is 4. The van der Waals surface area contributed by atoms with Crippen molar-refractivity contribution in [2.75, 3.05) is 13.7 Å². The van der Waals surface area contributed by atoms with Crippen LogP contribution in [0.1, 0.15) is 50.2 Å². The molecule has 5 N–H and O–H groups in total. The number of esters is 1. The third-order valence-corrected chi connectivity index (χ3v) is 8.60. The molecule has 0 unspecified atom stereocenters. The first-order chi connectivity index (χ1) is 20.5. The average molecular weight is 659 g/mol. The van der Waals surface area contributed by atoms with E-state index in [4.69, 9.17) is 14.9 Å². The molecule has 0 saturated heterocycles. The van der Waals surface area contributed by atoms with Gasteiger partial charge in [0.1, 0.15) is 11.4 Å². The summed E-state index contributed by atoms with van der Waals surface area (Å²) in [6.07, 6.45) is 3.85. The Labute approximate surface area is 306 Å². The van der Waals surface area contributed by atoms with Crippen molar-refractivity contribution in [2.45, 2.75) is 32.6 Å². The van der Waals surface area contributed by atoms with Crippen LogP contribution < -0.4 is 51.4 Å². The van der Waals surface area contributed by atoms with Crippen LogP contribution >= 0.6 is 22.7 Å². The van der Waals surface area contributed by atoms with E-state index in [1.165, 1.54) is 22.3 Å². The quantitative estimate of drug-likeness (QED) is 0.134. The number of carbonyl (C=O) groups excluding carboxylic acids is 1. The standard InChI is InChI=1S/C17H17NO2S.C15H13NO2S.CH4O.K.H2O/c1-2-20-17(19)14-10-15-16(18-14)13(11-21-15)9-8-12-6-4-3-5-7-12;17-15(18)12-8-13-14(16-12)11(9-19-13)7-6-10-4-2-1-3-5-10;1-2;;/h3-7,10-11,18H,2,8-9H2,1H3;1-5,8-9,16H,6-7H2,(H,17,18);2H,1H3;;1H2/q;;;+1;/p-1. The number of thiophene rings is 2. The summed E-state index contributed by atoms with van der Waals surface area (Å²) in [6, 6.07) is 24.3. The van der Waals surface area contributed by atoms with E-state index in [0.29, 0.717) is 12.3 Å². The normalized spacial score (nSPS) is 10.1. The van der Waals surface area contributed by atoms with Gasteiger partial charge in [0, 0.05) is 7.11 Å². The van der Waals surface area contributed by atoms with Crippen molar-refractivity contribution in [1.82, 2.24) is 9.97 Å². The molecule has 0 fully saturated rings. The van der Waals surface area contributed by atoms with Gasteiger partial charge >= 0.3 is 63.3 Å². The maximum atomic E-state index is 11.8. The molecule has 0 bridgehead atoms. The number of aromatic nitrogens is 2. The Kier molecular flexibility index (Phi) is 16.3. The fourth-order valence-corrected chi connectivity index (χ4v) is 6.55. The van der Waals surface area contributed by atoms with Crippen molar-refractivity contribution in [3.63, 3.8) is 0 Å². The number of carbonyl (C=O) groups is 2. The number of hydrogen-bond acceptors (Lipinski definition) is 7. The van der Waals surface area contributed by atoms with E-state index in [1.54, 1.807) is 28.7 Å². The van der Waals surface area contributed by atoms with E-state index >= 15 is 0 Å². The Morgan fingerprint density at radius 2 is 1.16 bits per heavy atom. The summed E-state index contributed by atoms with van der Waals surface area (Å²) in [6.45, 7) is 2.21. The molecule has 8 nitrogen and oxygen atoms in total. The SMILES string of the molecule is CCOC(=O)c1cc2scc(CCc3ccccc3)c2[nH]1.CO.O=C(O)c1cc2scc(CCc3ccccc3)c2[nH]1.[K+].[OH-]. The van der Waals surface area contributed by atoms with Crippen LogP contribution in [0, 0.1) is 0 Å². The predicted octanol–water partition coefficient (Wildman–Crippen LogP) is 4.34. The number of aliphatic hydroxyl groups excluding tert-OH is 1. The summed E-state index contributed by atoms with van der Waals surface area (Å²) in [7, 11) is 1.00. The predicted molar refractivity (Wildman–Crippen MR) is 173 cm³/mol. The molecule has 4 heterocycles. The molecule has 0 saturated carbocycles. The zero-order chi connectivity index (χ0) is 29.9. The summed E-state index contributed by atoms with van der Waals surface area (Å²) in [5.74, 6) is -1.19. The van der Waals surface area contributed by atoms with Crippen LogP contribution in [0.3, 0.4) is 0 Å². The van der Waals surface area contributed by atoms with Crippen LogP contribution in [-0.2, 0) is 30.4 Å². The third kappa shape index (κ3) is 9.96. The van der Waals surface area contributed by atoms with Gasteiger partial charge in [0.25, 0.3) is 0 Å². The van der Waals surface area contributed by atoms with Gasteiger partial charge in [-0.25, -0.2) is 9.59 Å². The molecule has 4 aromatic heterocycles. The number of nitrogens with one attached hydrogen (secondary N) is 2. The summed E-state index contributed by atoms with van der Waals surface area (Å²) < 4.78 is 7.16. The van der Waals surface area contributed by atoms with E-state index in [-0.39, 0.29) is 68.5 Å². The minimum absolute atomic E-state index is 0. The molecular weight excluding hydrogens is 624 g/mol. The van der Waals surface area contributed by atoms with Crippen molar-refractivity contribution < 1.29 is 81.4 Å². The first kappa shape index (κ1) is 37.6. The van der Waals surface area contributed by atoms with E-state index in [0.717, 1.165) is 53.2 Å². The van der Waals surface area contributed by atoms with Crippen LogP contribution in [0.25, 0.3) is 20.4 Å². The van der Waals surface area contributed by atoms with E-state index < -0.39 is 5.97 Å². The van der Waals surface area contributed by atoms with Gasteiger partial charge in [0.2, 0.25) is 0 Å². The van der Waals surface area contributed by atoms with Gasteiger partial charge in [-0.1, -0.05) is 60.7 Å². The smallest absolute Gasteiger partial charge is 0.870 e. The minimum Gasteiger partial charge on any atom is -0.870 e. The van der Waals surface area contributed by atoms with E-state index in [2.05, 4.69) is 57.1 Å². The molecule has 0 radical (unpaired) electrons. The maximum absolute atomic E-state index is 11.8. The van der Waals surface area contributed by atoms with Crippen LogP contribution in [0.15, 0.2) is 83.6 Å². The number of carboxylic acid groups (broad SMARTS) is 1. The average Bonchev–Trinajstić information content (AvgIpc) is 3.80. The molecular formula is C33H35KN2O6S2. The fraction of sp³-hybridized carbons (Fsp3) is 0.212. The number of carboxylic acids is 1. The number of fused-ring (bicyclic) bond motifs is 2. The molecule has 0 spiro atoms. The van der Waals surface area contributed by atoms with Gasteiger partial charge in [-0.2, -0.15) is 0 Å². The van der Waals surface area contributed by atoms with Crippen molar-refractivity contribution in [2.24, 2.45) is 0 Å². The van der Waals surface area contributed by atoms with E-state index in [1.807, 2.05) is 37.3 Å². The number of H-pyrrole nitrogens is 2. The van der Waals surface area contributed by atoms with Crippen molar-refractivity contribution in [1.29, 1.82) is 0 Å². The number of ether oxygens (including phenoxy) is 1. The van der Waals surface area contributed by atoms with Gasteiger partial charge in [0.15, 0.2) is 0 Å². The minimum atomic E-state index is -0.905. The van der Waals surface area contributed by atoms with Crippen molar-refractivity contribution in [3.8, 4) is 0 Å². The van der Waals surface area contributed by atoms with Gasteiger partial charge in [-0.3, -0.25) is 0 Å². The Hall–Kier alpha value is -2.58. The first-order valence-electron chi connectivity index (χ1n) is 13.6. The van der Waals surface area contributed by atoms with Gasteiger partial charge in [0.05, 0.1) is 27.0 Å². The molecule has 0 aliphatic carbocycles. The molecule has 0 amide bonds. The molecule has 0 atom stereocenters. The Morgan fingerprint density at radius 1 is 0.727 bits per heavy atom. The Bertz CT molecular complexity index is 1720. The van der Waals surface area contributed by atoms with Crippen LogP contribution in [0.4, 0.5) is 0 Å². The fourth-order valence-electron chi connectivity index (χ4n) is 4.57. The second-order valence-corrected chi connectivity index (χ2v) is 11.2. The zero-order valence-corrected chi connectivity index (χ0v) is 29.8. The summed E-state index contributed by atoms with van der Waals surface area (Å²) in [5.41, 5.74) is 7.92. The number of aliphatic hydroxyl groups is 1. The molecule has 11 heteroatoms. The van der Waals surface area contributed by atoms with Crippen molar-refractivity contribution >= 4 is 55.0 Å². The summed E-state index contributed by atoms with van der Waals surface area (Å²) in [4.78, 5) is 28.9. The maximum Gasteiger partial charge on any atom is 1.00 e. The number of hydrogen-bond donors (Lipinski definition) is 4. The number of rotatable bonds is 9. The molecule has 0 aliphatic heterocycles. The first-order valence-corrected chi connectivity index (χ1v) is 15.4. The molecule has 6 aromatic rings. The van der Waals surface area contributed by atoms with Gasteiger partial charge in [-0.05, 0) is 77.8 Å². The number of aromatic carboxylic acids is 1. The summed E-state index contributed by atoms with van der Waals surface area (Å²) in [5, 5.41) is 20.2. The molecule has 6 rings (SSSR count). The van der Waals surface area contributed by atoms with Crippen LogP contribution in [0.5, 0.6) is 0 Å². The van der Waals surface area contributed by atoms with Crippen molar-refractivity contribution in [3.05, 3.63) is 117 Å². The number of benzene rings is 2. The topological polar surface area (TPSA) is 145 Å².